The van der Waals surface area contributed by atoms with Gasteiger partial charge in [-0.3, -0.25) is 9.59 Å². The number of carbonyl (C=O) groups excluding carboxylic acids is 1. The van der Waals surface area contributed by atoms with Crippen LogP contribution < -0.4 is 5.56 Å². The fourth-order valence-electron chi connectivity index (χ4n) is 2.47. The monoisotopic (exact) mass is 293 g/mol. The molecule has 0 spiro atoms. The fourth-order valence-corrected chi connectivity index (χ4v) is 3.37. The molecule has 3 rings (SSSR count). The Bertz CT molecular complexity index is 562. The van der Waals surface area contributed by atoms with Crippen LogP contribution in [0, 0.1) is 0 Å². The van der Waals surface area contributed by atoms with Crippen molar-refractivity contribution in [3.63, 3.8) is 0 Å². The number of rotatable bonds is 3. The van der Waals surface area contributed by atoms with Crippen LogP contribution in [0.25, 0.3) is 0 Å². The number of thioether (sulfide) groups is 1. The van der Waals surface area contributed by atoms with Gasteiger partial charge in [-0.15, -0.1) is 0 Å². The molecule has 0 N–H and O–H groups in total. The number of nitrogens with zero attached hydrogens (tertiary/aromatic N) is 3. The number of hydrogen-bond acceptors (Lipinski definition) is 4. The van der Waals surface area contributed by atoms with Gasteiger partial charge in [-0.2, -0.15) is 16.9 Å². The normalized spacial score (nSPS) is 20.8. The quantitative estimate of drug-likeness (QED) is 0.842. The molecule has 1 saturated carbocycles. The van der Waals surface area contributed by atoms with E-state index >= 15 is 0 Å². The van der Waals surface area contributed by atoms with E-state index in [2.05, 4.69) is 5.10 Å². The van der Waals surface area contributed by atoms with Crippen LogP contribution in [0.15, 0.2) is 16.9 Å². The van der Waals surface area contributed by atoms with E-state index in [4.69, 9.17) is 0 Å². The summed E-state index contributed by atoms with van der Waals surface area (Å²) in [7, 11) is 0. The average molecular weight is 293 g/mol. The highest BCUT2D eigenvalue weighted by molar-refractivity contribution is 7.99. The molecule has 108 valence electrons. The highest BCUT2D eigenvalue weighted by Gasteiger charge is 2.28. The third-order valence-electron chi connectivity index (χ3n) is 3.89. The van der Waals surface area contributed by atoms with Gasteiger partial charge >= 0.3 is 0 Å². The molecule has 0 unspecified atom stereocenters. The van der Waals surface area contributed by atoms with Crippen molar-refractivity contribution >= 4 is 17.7 Å². The van der Waals surface area contributed by atoms with Crippen LogP contribution in [0.2, 0.25) is 0 Å². The van der Waals surface area contributed by atoms with Crippen molar-refractivity contribution in [2.45, 2.75) is 31.7 Å². The first kappa shape index (κ1) is 13.7. The van der Waals surface area contributed by atoms with Crippen LogP contribution in [-0.4, -0.2) is 45.2 Å². The smallest absolute Gasteiger partial charge is 0.267 e. The maximum Gasteiger partial charge on any atom is 0.267 e. The summed E-state index contributed by atoms with van der Waals surface area (Å²) in [6.07, 6.45) is 2.27. The average Bonchev–Trinajstić information content (AvgIpc) is 3.32. The van der Waals surface area contributed by atoms with Crippen molar-refractivity contribution in [3.8, 4) is 0 Å². The predicted octanol–water partition coefficient (Wildman–Crippen LogP) is 1.26. The van der Waals surface area contributed by atoms with Crippen LogP contribution in [0.1, 0.15) is 37.4 Å². The summed E-state index contributed by atoms with van der Waals surface area (Å²) in [5.74, 6) is 2.44. The van der Waals surface area contributed by atoms with Gasteiger partial charge < -0.3 is 4.90 Å². The Kier molecular flexibility index (Phi) is 3.83. The van der Waals surface area contributed by atoms with Crippen LogP contribution in [-0.2, 0) is 4.79 Å². The van der Waals surface area contributed by atoms with Gasteiger partial charge in [0.1, 0.15) is 6.04 Å². The maximum atomic E-state index is 12.5. The Balaban J connectivity index is 1.81. The molecule has 2 heterocycles. The lowest BCUT2D eigenvalue weighted by Crippen LogP contribution is -2.43. The van der Waals surface area contributed by atoms with Gasteiger partial charge in [-0.25, -0.2) is 4.68 Å². The highest BCUT2D eigenvalue weighted by atomic mass is 32.2. The molecule has 0 aromatic carbocycles. The van der Waals surface area contributed by atoms with Crippen molar-refractivity contribution in [1.29, 1.82) is 0 Å². The molecule has 20 heavy (non-hydrogen) atoms. The molecule has 1 saturated heterocycles. The molecule has 0 radical (unpaired) electrons. The summed E-state index contributed by atoms with van der Waals surface area (Å²) in [6.45, 7) is 3.31. The van der Waals surface area contributed by atoms with E-state index < -0.39 is 6.04 Å². The summed E-state index contributed by atoms with van der Waals surface area (Å²) < 4.78 is 1.36. The molecular weight excluding hydrogens is 274 g/mol. The molecule has 1 aliphatic heterocycles. The second kappa shape index (κ2) is 5.60. The molecule has 1 atom stereocenters. The zero-order valence-corrected chi connectivity index (χ0v) is 12.4. The first-order valence-electron chi connectivity index (χ1n) is 7.13. The molecular formula is C14H19N3O2S. The minimum Gasteiger partial charge on any atom is -0.339 e. The van der Waals surface area contributed by atoms with Gasteiger partial charge in [0.15, 0.2) is 0 Å². The van der Waals surface area contributed by atoms with Crippen molar-refractivity contribution in [3.05, 3.63) is 28.2 Å². The Morgan fingerprint density at radius 2 is 2.05 bits per heavy atom. The molecule has 1 amide bonds. The number of hydrogen-bond donors (Lipinski definition) is 0. The summed E-state index contributed by atoms with van der Waals surface area (Å²) in [5, 5.41) is 4.40. The second-order valence-corrected chi connectivity index (χ2v) is 6.65. The van der Waals surface area contributed by atoms with Gasteiger partial charge in [0, 0.05) is 36.6 Å². The second-order valence-electron chi connectivity index (χ2n) is 5.43. The van der Waals surface area contributed by atoms with E-state index in [0.717, 1.165) is 43.1 Å². The van der Waals surface area contributed by atoms with E-state index in [1.54, 1.807) is 13.0 Å². The predicted molar refractivity (Wildman–Crippen MR) is 79.1 cm³/mol. The lowest BCUT2D eigenvalue weighted by atomic mass is 10.2. The van der Waals surface area contributed by atoms with Gasteiger partial charge in [-0.05, 0) is 25.8 Å². The summed E-state index contributed by atoms with van der Waals surface area (Å²) in [5.41, 5.74) is 0.750. The van der Waals surface area contributed by atoms with E-state index in [1.807, 2.05) is 16.7 Å². The number of aromatic nitrogens is 2. The number of amides is 1. The van der Waals surface area contributed by atoms with Crippen molar-refractivity contribution in [1.82, 2.24) is 14.7 Å². The van der Waals surface area contributed by atoms with E-state index in [-0.39, 0.29) is 11.5 Å². The maximum absolute atomic E-state index is 12.5. The molecule has 5 nitrogen and oxygen atoms in total. The number of carbonyl (C=O) groups is 1. The summed E-state index contributed by atoms with van der Waals surface area (Å²) in [4.78, 5) is 26.3. The van der Waals surface area contributed by atoms with E-state index in [1.165, 1.54) is 10.7 Å². The third-order valence-corrected chi connectivity index (χ3v) is 4.83. The van der Waals surface area contributed by atoms with Gasteiger partial charge in [0.2, 0.25) is 5.91 Å². The lowest BCUT2D eigenvalue weighted by molar-refractivity contribution is -0.134. The molecule has 2 fully saturated rings. The SMILES string of the molecule is C[C@@H](C(=O)N1CCSCC1)n1nc(C2CC2)ccc1=O. The highest BCUT2D eigenvalue weighted by Crippen LogP contribution is 2.38. The fraction of sp³-hybridized carbons (Fsp3) is 0.643. The van der Waals surface area contributed by atoms with Gasteiger partial charge in [-0.1, -0.05) is 0 Å². The largest absolute Gasteiger partial charge is 0.339 e. The van der Waals surface area contributed by atoms with Crippen LogP contribution >= 0.6 is 11.8 Å². The summed E-state index contributed by atoms with van der Waals surface area (Å²) >= 11 is 1.86. The Labute approximate surface area is 122 Å². The standard InChI is InChI=1S/C14H19N3O2S/c1-10(14(19)16-6-8-20-9-7-16)17-13(18)5-4-12(15-17)11-2-3-11/h4-5,10-11H,2-3,6-9H2,1H3/t10-/m0/s1. The molecule has 1 aromatic rings. The zero-order valence-electron chi connectivity index (χ0n) is 11.6. The minimum atomic E-state index is -0.510. The van der Waals surface area contributed by atoms with Gasteiger partial charge in [0.05, 0.1) is 5.69 Å². The molecule has 1 aliphatic carbocycles. The zero-order chi connectivity index (χ0) is 14.1. The molecule has 1 aromatic heterocycles. The van der Waals surface area contributed by atoms with Crippen LogP contribution in [0.5, 0.6) is 0 Å². The minimum absolute atomic E-state index is 0.00727. The van der Waals surface area contributed by atoms with Crippen molar-refractivity contribution in [2.75, 3.05) is 24.6 Å². The Morgan fingerprint density at radius 3 is 2.70 bits per heavy atom. The van der Waals surface area contributed by atoms with Crippen molar-refractivity contribution in [2.24, 2.45) is 0 Å². The first-order valence-corrected chi connectivity index (χ1v) is 8.28. The molecule has 2 aliphatic rings. The van der Waals surface area contributed by atoms with E-state index in [9.17, 15) is 9.59 Å². The van der Waals surface area contributed by atoms with Crippen LogP contribution in [0.3, 0.4) is 0 Å². The van der Waals surface area contributed by atoms with E-state index in [0.29, 0.717) is 5.92 Å². The summed E-state index contributed by atoms with van der Waals surface area (Å²) in [6, 6.07) is 2.83. The first-order chi connectivity index (χ1) is 9.66. The van der Waals surface area contributed by atoms with Crippen LogP contribution in [0.4, 0.5) is 0 Å². The third kappa shape index (κ3) is 2.75. The Morgan fingerprint density at radius 1 is 1.35 bits per heavy atom. The Hall–Kier alpha value is -1.30. The van der Waals surface area contributed by atoms with Gasteiger partial charge in [0.25, 0.3) is 5.56 Å². The lowest BCUT2D eigenvalue weighted by Gasteiger charge is -2.29. The molecule has 6 heteroatoms. The van der Waals surface area contributed by atoms with Crippen molar-refractivity contribution < 1.29 is 4.79 Å². The molecule has 0 bridgehead atoms. The topological polar surface area (TPSA) is 55.2 Å².